The summed E-state index contributed by atoms with van der Waals surface area (Å²) in [6.07, 6.45) is 10.8. The summed E-state index contributed by atoms with van der Waals surface area (Å²) in [6, 6.07) is 0. The van der Waals surface area contributed by atoms with E-state index in [1.54, 1.807) is 0 Å². The summed E-state index contributed by atoms with van der Waals surface area (Å²) >= 11 is 0. The smallest absolute Gasteiger partial charge is 0.410 e. The normalized spacial score (nSPS) is 23.3. The monoisotopic (exact) mass is 288 g/mol. The van der Waals surface area contributed by atoms with Gasteiger partial charge in [0.25, 0.3) is 0 Å². The van der Waals surface area contributed by atoms with Gasteiger partial charge in [-0.15, -0.1) is 0 Å². The number of ether oxygens (including phenoxy) is 1. The molecule has 0 aromatic rings. The van der Waals surface area contributed by atoms with Gasteiger partial charge in [0.1, 0.15) is 5.60 Å². The van der Waals surface area contributed by atoms with Crippen molar-refractivity contribution in [3.63, 3.8) is 0 Å². The summed E-state index contributed by atoms with van der Waals surface area (Å²) in [5, 5.41) is 3.42. The molecule has 0 radical (unpaired) electrons. The van der Waals surface area contributed by atoms with E-state index in [-0.39, 0.29) is 11.5 Å². The van der Waals surface area contributed by atoms with Crippen molar-refractivity contribution < 1.29 is 9.53 Å². The van der Waals surface area contributed by atoms with Crippen LogP contribution in [0.3, 0.4) is 0 Å². The van der Waals surface area contributed by atoms with Crippen LogP contribution in [0.1, 0.15) is 33.6 Å². The van der Waals surface area contributed by atoms with Crippen LogP contribution in [0.4, 0.5) is 4.79 Å². The Morgan fingerprint density at radius 1 is 1.29 bits per heavy atom. The molecule has 3 aliphatic rings. The second-order valence-corrected chi connectivity index (χ2v) is 7.14. The summed E-state index contributed by atoms with van der Waals surface area (Å²) in [6.45, 7) is 8.14. The molecule has 4 heteroatoms. The fraction of sp³-hybridized carbons (Fsp3) is 0.588. The van der Waals surface area contributed by atoms with Gasteiger partial charge in [-0.1, -0.05) is 24.3 Å². The second-order valence-electron chi connectivity index (χ2n) is 7.14. The zero-order valence-electron chi connectivity index (χ0n) is 13.1. The number of piperidine rings is 1. The molecule has 1 amide bonds. The number of allylic oxidation sites excluding steroid dienone is 3. The SMILES string of the molecule is CC(C)(C)OC(=O)N1CCC2(C=C3C=CCNC3=C2)CC1. The van der Waals surface area contributed by atoms with Crippen molar-refractivity contribution in [3.05, 3.63) is 35.6 Å². The van der Waals surface area contributed by atoms with Gasteiger partial charge in [0, 0.05) is 30.7 Å². The molecule has 1 aliphatic carbocycles. The molecule has 2 heterocycles. The van der Waals surface area contributed by atoms with Gasteiger partial charge < -0.3 is 15.0 Å². The lowest BCUT2D eigenvalue weighted by molar-refractivity contribution is 0.0171. The quantitative estimate of drug-likeness (QED) is 0.745. The van der Waals surface area contributed by atoms with Crippen LogP contribution in [0.2, 0.25) is 0 Å². The van der Waals surface area contributed by atoms with Crippen molar-refractivity contribution >= 4 is 6.09 Å². The maximum Gasteiger partial charge on any atom is 0.410 e. The first-order valence-corrected chi connectivity index (χ1v) is 7.71. The second kappa shape index (κ2) is 4.93. The topological polar surface area (TPSA) is 41.6 Å². The van der Waals surface area contributed by atoms with Crippen LogP contribution in [0.25, 0.3) is 0 Å². The van der Waals surface area contributed by atoms with Crippen LogP contribution >= 0.6 is 0 Å². The Morgan fingerprint density at radius 2 is 2.00 bits per heavy atom. The Balaban J connectivity index is 1.64. The summed E-state index contributed by atoms with van der Waals surface area (Å²) < 4.78 is 5.46. The third kappa shape index (κ3) is 2.99. The molecule has 1 saturated heterocycles. The van der Waals surface area contributed by atoms with E-state index in [0.29, 0.717) is 0 Å². The lowest BCUT2D eigenvalue weighted by Crippen LogP contribution is -2.44. The number of rotatable bonds is 0. The van der Waals surface area contributed by atoms with Crippen molar-refractivity contribution in [1.82, 2.24) is 10.2 Å². The molecule has 0 saturated carbocycles. The molecule has 0 atom stereocenters. The highest BCUT2D eigenvalue weighted by Crippen LogP contribution is 2.42. The highest BCUT2D eigenvalue weighted by molar-refractivity contribution is 5.68. The third-order valence-electron chi connectivity index (χ3n) is 4.24. The highest BCUT2D eigenvalue weighted by Gasteiger charge is 2.37. The van der Waals surface area contributed by atoms with Gasteiger partial charge in [-0.05, 0) is 39.2 Å². The van der Waals surface area contributed by atoms with E-state index in [0.717, 1.165) is 32.5 Å². The van der Waals surface area contributed by atoms with E-state index in [9.17, 15) is 4.79 Å². The van der Waals surface area contributed by atoms with Crippen molar-refractivity contribution in [2.75, 3.05) is 19.6 Å². The van der Waals surface area contributed by atoms with Crippen LogP contribution in [0.5, 0.6) is 0 Å². The number of nitrogens with one attached hydrogen (secondary N) is 1. The number of fused-ring (bicyclic) bond motifs is 1. The number of carbonyl (C=O) groups is 1. The van der Waals surface area contributed by atoms with Gasteiger partial charge in [0.15, 0.2) is 0 Å². The van der Waals surface area contributed by atoms with Gasteiger partial charge in [0.2, 0.25) is 0 Å². The van der Waals surface area contributed by atoms with Crippen LogP contribution in [0.15, 0.2) is 35.6 Å². The minimum absolute atomic E-state index is 0.116. The zero-order valence-corrected chi connectivity index (χ0v) is 13.1. The van der Waals surface area contributed by atoms with Crippen LogP contribution in [-0.2, 0) is 4.74 Å². The van der Waals surface area contributed by atoms with Crippen LogP contribution < -0.4 is 5.32 Å². The van der Waals surface area contributed by atoms with Gasteiger partial charge >= 0.3 is 6.09 Å². The summed E-state index contributed by atoms with van der Waals surface area (Å²) in [5.41, 5.74) is 2.24. The van der Waals surface area contributed by atoms with E-state index >= 15 is 0 Å². The zero-order chi connectivity index (χ0) is 15.1. The maximum absolute atomic E-state index is 12.1. The summed E-state index contributed by atoms with van der Waals surface area (Å²) in [4.78, 5) is 13.9. The predicted octanol–water partition coefficient (Wildman–Crippen LogP) is 2.99. The molecule has 0 unspecified atom stereocenters. The van der Waals surface area contributed by atoms with Gasteiger partial charge in [-0.25, -0.2) is 4.79 Å². The molecule has 114 valence electrons. The van der Waals surface area contributed by atoms with Gasteiger partial charge in [-0.3, -0.25) is 0 Å². The molecule has 21 heavy (non-hydrogen) atoms. The molecule has 3 rings (SSSR count). The molecular weight excluding hydrogens is 264 g/mol. The molecule has 0 bridgehead atoms. The number of amides is 1. The molecule has 2 aliphatic heterocycles. The minimum Gasteiger partial charge on any atom is -0.444 e. The predicted molar refractivity (Wildman–Crippen MR) is 82.8 cm³/mol. The standard InChI is InChI=1S/C17H24N2O2/c1-16(2,3)21-15(20)19-9-6-17(7-10-19)11-13-5-4-8-18-14(13)12-17/h4-5,11-12,18H,6-10H2,1-3H3. The number of hydrogen-bond acceptors (Lipinski definition) is 3. The van der Waals surface area contributed by atoms with Gasteiger partial charge in [-0.2, -0.15) is 0 Å². The average Bonchev–Trinajstić information content (AvgIpc) is 2.75. The largest absolute Gasteiger partial charge is 0.444 e. The fourth-order valence-corrected chi connectivity index (χ4v) is 3.17. The van der Waals surface area contributed by atoms with E-state index in [1.165, 1.54) is 11.3 Å². The van der Waals surface area contributed by atoms with Crippen molar-refractivity contribution in [3.8, 4) is 0 Å². The van der Waals surface area contributed by atoms with Crippen molar-refractivity contribution in [2.45, 2.75) is 39.2 Å². The van der Waals surface area contributed by atoms with Crippen LogP contribution in [-0.4, -0.2) is 36.2 Å². The van der Waals surface area contributed by atoms with Crippen molar-refractivity contribution in [1.29, 1.82) is 0 Å². The molecule has 4 nitrogen and oxygen atoms in total. The Hall–Kier alpha value is -1.71. The third-order valence-corrected chi connectivity index (χ3v) is 4.24. The molecule has 0 aromatic carbocycles. The first-order valence-electron chi connectivity index (χ1n) is 7.71. The average molecular weight is 288 g/mol. The molecular formula is C17H24N2O2. The Bertz CT molecular complexity index is 529. The Morgan fingerprint density at radius 3 is 2.62 bits per heavy atom. The number of nitrogens with zero attached hydrogens (tertiary/aromatic N) is 1. The fourth-order valence-electron chi connectivity index (χ4n) is 3.17. The van der Waals surface area contributed by atoms with Crippen molar-refractivity contribution in [2.24, 2.45) is 5.41 Å². The van der Waals surface area contributed by atoms with E-state index in [4.69, 9.17) is 4.74 Å². The molecule has 1 spiro atoms. The highest BCUT2D eigenvalue weighted by atomic mass is 16.6. The number of hydrogen-bond donors (Lipinski definition) is 1. The Kier molecular flexibility index (Phi) is 3.34. The molecule has 0 aromatic heterocycles. The van der Waals surface area contributed by atoms with E-state index in [1.807, 2.05) is 25.7 Å². The van der Waals surface area contributed by atoms with Gasteiger partial charge in [0.05, 0.1) is 0 Å². The van der Waals surface area contributed by atoms with Crippen LogP contribution in [0, 0.1) is 5.41 Å². The first kappa shape index (κ1) is 14.2. The minimum atomic E-state index is -0.423. The summed E-state index contributed by atoms with van der Waals surface area (Å²) in [5.74, 6) is 0. The lowest BCUT2D eigenvalue weighted by Gasteiger charge is -2.37. The molecule has 1 N–H and O–H groups in total. The summed E-state index contributed by atoms with van der Waals surface area (Å²) in [7, 11) is 0. The molecule has 1 fully saturated rings. The Labute approximate surface area is 126 Å². The lowest BCUT2D eigenvalue weighted by atomic mass is 9.80. The first-order chi connectivity index (χ1) is 9.87. The number of carbonyl (C=O) groups excluding carboxylic acids is 1. The van der Waals surface area contributed by atoms with E-state index in [2.05, 4.69) is 29.6 Å². The number of likely N-dealkylation sites (tertiary alicyclic amines) is 1. The maximum atomic E-state index is 12.1. The van der Waals surface area contributed by atoms with E-state index < -0.39 is 5.60 Å².